The Morgan fingerprint density at radius 1 is 1.22 bits per heavy atom. The molecule has 0 spiro atoms. The Kier molecular flexibility index (Phi) is 8.17. The summed E-state index contributed by atoms with van der Waals surface area (Å²) >= 11 is 7.32. The molecule has 0 unspecified atom stereocenters. The molecule has 2 aromatic carbocycles. The largest absolute Gasteiger partial charge is 0.493 e. The van der Waals surface area contributed by atoms with Crippen molar-refractivity contribution in [3.05, 3.63) is 63.0 Å². The third kappa shape index (κ3) is 5.43. The fourth-order valence-electron chi connectivity index (χ4n) is 3.08. The number of nitrogens with zero attached hydrogens (tertiary/aromatic N) is 2. The summed E-state index contributed by atoms with van der Waals surface area (Å²) in [5.41, 5.74) is 1.83. The lowest BCUT2D eigenvalue weighted by atomic mass is 10.1. The molecule has 2 aromatic rings. The van der Waals surface area contributed by atoms with Gasteiger partial charge >= 0.3 is 0 Å². The quantitative estimate of drug-likeness (QED) is 0.380. The highest BCUT2D eigenvalue weighted by atomic mass is 35.5. The molecule has 0 radical (unpaired) electrons. The van der Waals surface area contributed by atoms with Gasteiger partial charge < -0.3 is 14.2 Å². The minimum absolute atomic E-state index is 0.138. The molecule has 166 valence electrons. The molecular weight excluding hydrogens is 452 g/mol. The van der Waals surface area contributed by atoms with Gasteiger partial charge in [-0.15, -0.1) is 0 Å². The maximum absolute atomic E-state index is 12.6. The molecule has 0 aliphatic carbocycles. The van der Waals surface area contributed by atoms with Crippen LogP contribution in [0.5, 0.6) is 11.5 Å². The number of hydrogen-bond donors (Lipinski definition) is 0. The summed E-state index contributed by atoms with van der Waals surface area (Å²) in [7, 11) is 3.05. The van der Waals surface area contributed by atoms with Crippen molar-refractivity contribution < 1.29 is 23.8 Å². The molecule has 1 heterocycles. The van der Waals surface area contributed by atoms with Gasteiger partial charge in [0.05, 0.1) is 28.7 Å². The van der Waals surface area contributed by atoms with E-state index in [9.17, 15) is 14.9 Å². The molecule has 0 bridgehead atoms. The van der Waals surface area contributed by atoms with Crippen LogP contribution in [0.1, 0.15) is 23.1 Å². The van der Waals surface area contributed by atoms with E-state index in [0.29, 0.717) is 47.1 Å². The van der Waals surface area contributed by atoms with Crippen LogP contribution in [0, 0.1) is 11.3 Å². The lowest BCUT2D eigenvalue weighted by Gasteiger charge is -2.14. The Morgan fingerprint density at radius 3 is 2.72 bits per heavy atom. The van der Waals surface area contributed by atoms with Gasteiger partial charge in [-0.3, -0.25) is 14.5 Å². The molecule has 7 nitrogen and oxygen atoms in total. The number of amides is 2. The molecule has 2 amide bonds. The fraction of sp³-hybridized carbons (Fsp3) is 0.261. The first-order chi connectivity index (χ1) is 15.5. The third-order valence-corrected chi connectivity index (χ3v) is 5.85. The number of benzene rings is 2. The molecule has 0 atom stereocenters. The predicted octanol–water partition coefficient (Wildman–Crippen LogP) is 4.87. The number of methoxy groups -OCH3 is 2. The normalized spacial score (nSPS) is 14.7. The topological polar surface area (TPSA) is 88.9 Å². The van der Waals surface area contributed by atoms with Crippen molar-refractivity contribution in [1.29, 1.82) is 5.26 Å². The van der Waals surface area contributed by atoms with E-state index in [1.165, 1.54) is 12.0 Å². The standard InChI is InChI=1S/C23H21ClN2O5S/c1-29-9-5-8-26-22(27)20(32-23(26)28)12-15-10-18(24)21(19(11-15)30-2)31-14-17-7-4-3-6-16(17)13-25/h3-4,6-7,10-12H,5,8-9,14H2,1-2H3/b20-12+. The second-order valence-electron chi connectivity index (χ2n) is 6.77. The Labute approximate surface area is 195 Å². The van der Waals surface area contributed by atoms with Gasteiger partial charge in [-0.2, -0.15) is 5.26 Å². The summed E-state index contributed by atoms with van der Waals surface area (Å²) in [5.74, 6) is 0.351. The third-order valence-electron chi connectivity index (χ3n) is 4.66. The van der Waals surface area contributed by atoms with Gasteiger partial charge in [0.1, 0.15) is 6.61 Å². The molecule has 1 saturated heterocycles. The van der Waals surface area contributed by atoms with Crippen LogP contribution in [0.4, 0.5) is 4.79 Å². The maximum Gasteiger partial charge on any atom is 0.293 e. The van der Waals surface area contributed by atoms with Gasteiger partial charge in [0, 0.05) is 25.8 Å². The van der Waals surface area contributed by atoms with Crippen molar-refractivity contribution >= 4 is 40.6 Å². The summed E-state index contributed by atoms with van der Waals surface area (Å²) < 4.78 is 16.3. The zero-order valence-corrected chi connectivity index (χ0v) is 19.2. The summed E-state index contributed by atoms with van der Waals surface area (Å²) in [6.45, 7) is 0.907. The first-order valence-corrected chi connectivity index (χ1v) is 10.9. The van der Waals surface area contributed by atoms with E-state index in [-0.39, 0.29) is 22.8 Å². The van der Waals surface area contributed by atoms with E-state index in [1.54, 1.807) is 43.5 Å². The van der Waals surface area contributed by atoms with Crippen LogP contribution in [0.15, 0.2) is 41.3 Å². The molecule has 1 aliphatic rings. The summed E-state index contributed by atoms with van der Waals surface area (Å²) in [4.78, 5) is 26.3. The summed E-state index contributed by atoms with van der Waals surface area (Å²) in [6.07, 6.45) is 2.17. The van der Waals surface area contributed by atoms with E-state index in [1.807, 2.05) is 6.07 Å². The highest BCUT2D eigenvalue weighted by Gasteiger charge is 2.34. The SMILES string of the molecule is COCCCN1C(=O)S/C(=C/c2cc(Cl)c(OCc3ccccc3C#N)c(OC)c2)C1=O. The van der Waals surface area contributed by atoms with Crippen molar-refractivity contribution in [2.45, 2.75) is 13.0 Å². The Hall–Kier alpha value is -2.99. The van der Waals surface area contributed by atoms with Crippen molar-refractivity contribution in [2.24, 2.45) is 0 Å². The first kappa shape index (κ1) is 23.7. The van der Waals surface area contributed by atoms with Gasteiger partial charge in [-0.25, -0.2) is 0 Å². The second-order valence-corrected chi connectivity index (χ2v) is 8.17. The van der Waals surface area contributed by atoms with E-state index < -0.39 is 0 Å². The Bertz CT molecular complexity index is 1100. The van der Waals surface area contributed by atoms with Crippen LogP contribution < -0.4 is 9.47 Å². The molecule has 32 heavy (non-hydrogen) atoms. The summed E-state index contributed by atoms with van der Waals surface area (Å²) in [5, 5.41) is 9.20. The van der Waals surface area contributed by atoms with Crippen molar-refractivity contribution in [3.63, 3.8) is 0 Å². The van der Waals surface area contributed by atoms with Crippen molar-refractivity contribution in [1.82, 2.24) is 4.90 Å². The highest BCUT2D eigenvalue weighted by molar-refractivity contribution is 8.18. The van der Waals surface area contributed by atoms with Gasteiger partial charge in [0.2, 0.25) is 0 Å². The van der Waals surface area contributed by atoms with Gasteiger partial charge in [-0.1, -0.05) is 29.8 Å². The van der Waals surface area contributed by atoms with Crippen LogP contribution >= 0.6 is 23.4 Å². The number of ether oxygens (including phenoxy) is 3. The van der Waals surface area contributed by atoms with Gasteiger partial charge in [-0.05, 0) is 48.0 Å². The average Bonchev–Trinajstić information content (AvgIpc) is 3.05. The maximum atomic E-state index is 12.6. The zero-order chi connectivity index (χ0) is 23.1. The lowest BCUT2D eigenvalue weighted by Crippen LogP contribution is -2.29. The number of thioether (sulfide) groups is 1. The molecule has 0 aromatic heterocycles. The average molecular weight is 473 g/mol. The molecule has 1 fully saturated rings. The number of hydrogen-bond acceptors (Lipinski definition) is 7. The van der Waals surface area contributed by atoms with Crippen molar-refractivity contribution in [2.75, 3.05) is 27.4 Å². The van der Waals surface area contributed by atoms with Crippen LogP contribution in [0.25, 0.3) is 6.08 Å². The minimum atomic E-state index is -0.348. The number of rotatable bonds is 9. The number of carbonyl (C=O) groups is 2. The molecular formula is C23H21ClN2O5S. The Morgan fingerprint density at radius 2 is 2.00 bits per heavy atom. The highest BCUT2D eigenvalue weighted by Crippen LogP contribution is 2.39. The number of carbonyl (C=O) groups excluding carboxylic acids is 2. The molecule has 0 saturated carbocycles. The van der Waals surface area contributed by atoms with E-state index in [0.717, 1.165) is 17.3 Å². The van der Waals surface area contributed by atoms with E-state index in [2.05, 4.69) is 6.07 Å². The first-order valence-electron chi connectivity index (χ1n) is 9.71. The van der Waals surface area contributed by atoms with Gasteiger partial charge in [0.15, 0.2) is 11.5 Å². The molecule has 0 N–H and O–H groups in total. The number of halogens is 1. The van der Waals surface area contributed by atoms with Crippen molar-refractivity contribution in [3.8, 4) is 17.6 Å². The fourth-order valence-corrected chi connectivity index (χ4v) is 4.22. The zero-order valence-electron chi connectivity index (χ0n) is 17.6. The summed E-state index contributed by atoms with van der Waals surface area (Å²) in [6, 6.07) is 12.6. The smallest absolute Gasteiger partial charge is 0.293 e. The molecule has 9 heteroatoms. The second kappa shape index (κ2) is 11.0. The number of imide groups is 1. The van der Waals surface area contributed by atoms with Crippen LogP contribution in [-0.2, 0) is 16.1 Å². The molecule has 1 aliphatic heterocycles. The van der Waals surface area contributed by atoms with E-state index >= 15 is 0 Å². The molecule has 3 rings (SSSR count). The van der Waals surface area contributed by atoms with E-state index in [4.69, 9.17) is 25.8 Å². The van der Waals surface area contributed by atoms with Crippen LogP contribution in [-0.4, -0.2) is 43.4 Å². The minimum Gasteiger partial charge on any atom is -0.493 e. The Balaban J connectivity index is 1.80. The number of nitriles is 1. The predicted molar refractivity (Wildman–Crippen MR) is 123 cm³/mol. The monoisotopic (exact) mass is 472 g/mol. The van der Waals surface area contributed by atoms with Crippen LogP contribution in [0.2, 0.25) is 5.02 Å². The van der Waals surface area contributed by atoms with Crippen LogP contribution in [0.3, 0.4) is 0 Å². The lowest BCUT2D eigenvalue weighted by molar-refractivity contribution is -0.122. The van der Waals surface area contributed by atoms with Gasteiger partial charge in [0.25, 0.3) is 11.1 Å².